The van der Waals surface area contributed by atoms with Crippen LogP contribution in [0.15, 0.2) is 40.9 Å². The van der Waals surface area contributed by atoms with Crippen molar-refractivity contribution in [2.45, 2.75) is 20.8 Å². The van der Waals surface area contributed by atoms with Gasteiger partial charge in [0.2, 0.25) is 5.69 Å². The zero-order valence-electron chi connectivity index (χ0n) is 14.6. The molecule has 0 aliphatic rings. The second-order valence-corrected chi connectivity index (χ2v) is 6.63. The molecule has 0 saturated carbocycles. The molecule has 0 spiro atoms. The fraction of sp³-hybridized carbons (Fsp3) is 0.190. The lowest BCUT2D eigenvalue weighted by Gasteiger charge is -2.07. The second-order valence-electron chi connectivity index (χ2n) is 6.63. The van der Waals surface area contributed by atoms with Crippen LogP contribution in [0.3, 0.4) is 0 Å². The number of hydrogen-bond acceptors (Lipinski definition) is 1. The van der Waals surface area contributed by atoms with Crippen molar-refractivity contribution >= 4 is 21.9 Å². The number of aromatic nitrogens is 1. The Balaban J connectivity index is 2.16. The van der Waals surface area contributed by atoms with E-state index in [0.717, 1.165) is 28.5 Å². The zero-order valence-corrected chi connectivity index (χ0v) is 14.6. The van der Waals surface area contributed by atoms with Crippen LogP contribution < -0.4 is 4.57 Å². The average molecular weight is 338 g/mol. The highest BCUT2D eigenvalue weighted by atomic mass is 19.1. The lowest BCUT2D eigenvalue weighted by Crippen LogP contribution is -2.31. The maximum atomic E-state index is 14.3. The van der Waals surface area contributed by atoms with Crippen molar-refractivity contribution in [1.82, 2.24) is 0 Å². The molecule has 0 unspecified atom stereocenters. The van der Waals surface area contributed by atoms with Crippen molar-refractivity contribution in [3.05, 3.63) is 64.9 Å². The lowest BCUT2D eigenvalue weighted by molar-refractivity contribution is -0.660. The minimum Gasteiger partial charge on any atom is -0.455 e. The van der Waals surface area contributed by atoms with Crippen molar-refractivity contribution in [3.63, 3.8) is 0 Å². The molecule has 126 valence electrons. The third-order valence-corrected chi connectivity index (χ3v) is 4.86. The van der Waals surface area contributed by atoms with Crippen LogP contribution >= 0.6 is 0 Å². The van der Waals surface area contributed by atoms with Gasteiger partial charge in [0, 0.05) is 29.1 Å². The van der Waals surface area contributed by atoms with Gasteiger partial charge in [0.25, 0.3) is 0 Å². The van der Waals surface area contributed by atoms with Crippen LogP contribution in [-0.2, 0) is 7.05 Å². The maximum Gasteiger partial charge on any atom is 0.216 e. The molecule has 4 rings (SSSR count). The molecule has 0 amide bonds. The zero-order chi connectivity index (χ0) is 17.9. The first-order valence-corrected chi connectivity index (χ1v) is 8.15. The van der Waals surface area contributed by atoms with Gasteiger partial charge >= 0.3 is 0 Å². The molecular formula is C21H18F2NO+. The molecule has 0 saturated heterocycles. The molecule has 0 aliphatic carbocycles. The van der Waals surface area contributed by atoms with Crippen LogP contribution in [-0.4, -0.2) is 0 Å². The summed E-state index contributed by atoms with van der Waals surface area (Å²) in [5.41, 5.74) is 6.06. The van der Waals surface area contributed by atoms with E-state index in [0.29, 0.717) is 16.4 Å². The highest BCUT2D eigenvalue weighted by Crippen LogP contribution is 2.38. The van der Waals surface area contributed by atoms with Crippen molar-refractivity contribution < 1.29 is 17.8 Å². The second kappa shape index (κ2) is 5.38. The monoisotopic (exact) mass is 338 g/mol. The Morgan fingerprint density at radius 3 is 2.44 bits per heavy atom. The van der Waals surface area contributed by atoms with Crippen LogP contribution in [0.25, 0.3) is 33.2 Å². The number of benzene rings is 2. The largest absolute Gasteiger partial charge is 0.455 e. The standard InChI is InChI=1S/C21H18F2NO/c1-11-5-6-15-20-16(23)8-14(22)9-18(20)25-21(15)19(11)17-7-12(2)13(3)10-24(17)4/h5-10H,1-4H3/q+1. The van der Waals surface area contributed by atoms with Gasteiger partial charge in [-0.3, -0.25) is 0 Å². The normalized spacial score (nSPS) is 11.6. The fourth-order valence-electron chi connectivity index (χ4n) is 3.44. The van der Waals surface area contributed by atoms with E-state index in [-0.39, 0.29) is 5.58 Å². The molecule has 2 nitrogen and oxygen atoms in total. The van der Waals surface area contributed by atoms with E-state index in [1.807, 2.05) is 30.7 Å². The average Bonchev–Trinajstić information content (AvgIpc) is 2.89. The van der Waals surface area contributed by atoms with Gasteiger partial charge in [-0.25, -0.2) is 13.3 Å². The summed E-state index contributed by atoms with van der Waals surface area (Å²) in [5, 5.41) is 0.982. The molecule has 4 heteroatoms. The third kappa shape index (κ3) is 2.32. The molecule has 2 aromatic carbocycles. The lowest BCUT2D eigenvalue weighted by atomic mass is 9.99. The van der Waals surface area contributed by atoms with E-state index >= 15 is 0 Å². The first-order valence-electron chi connectivity index (χ1n) is 8.15. The number of fused-ring (bicyclic) bond motifs is 3. The van der Waals surface area contributed by atoms with Gasteiger partial charge in [-0.1, -0.05) is 12.1 Å². The first kappa shape index (κ1) is 15.8. The summed E-state index contributed by atoms with van der Waals surface area (Å²) in [7, 11) is 1.98. The van der Waals surface area contributed by atoms with Crippen molar-refractivity contribution in [3.8, 4) is 11.3 Å². The van der Waals surface area contributed by atoms with Crippen LogP contribution in [0.1, 0.15) is 16.7 Å². The van der Waals surface area contributed by atoms with Gasteiger partial charge in [-0.05, 0) is 31.9 Å². The van der Waals surface area contributed by atoms with E-state index in [1.54, 1.807) is 0 Å². The molecule has 0 radical (unpaired) electrons. The summed E-state index contributed by atoms with van der Waals surface area (Å²) in [4.78, 5) is 0. The minimum atomic E-state index is -0.640. The van der Waals surface area contributed by atoms with E-state index in [1.165, 1.54) is 11.6 Å². The molecule has 0 aliphatic heterocycles. The van der Waals surface area contributed by atoms with Crippen LogP contribution in [0.5, 0.6) is 0 Å². The fourth-order valence-corrected chi connectivity index (χ4v) is 3.44. The van der Waals surface area contributed by atoms with Gasteiger partial charge in [-0.15, -0.1) is 0 Å². The number of pyridine rings is 1. The quantitative estimate of drug-likeness (QED) is 0.432. The molecule has 0 fully saturated rings. The number of aryl methyl sites for hydroxylation is 4. The molecule has 0 atom stereocenters. The molecule has 0 N–H and O–H groups in total. The summed E-state index contributed by atoms with van der Waals surface area (Å²) in [6.07, 6.45) is 2.06. The van der Waals surface area contributed by atoms with Crippen molar-refractivity contribution in [2.24, 2.45) is 7.05 Å². The summed E-state index contributed by atoms with van der Waals surface area (Å²) >= 11 is 0. The summed E-state index contributed by atoms with van der Waals surface area (Å²) in [6.45, 7) is 6.11. The predicted octanol–water partition coefficient (Wildman–Crippen LogP) is 5.28. The van der Waals surface area contributed by atoms with Gasteiger partial charge < -0.3 is 4.42 Å². The molecule has 2 heterocycles. The SMILES string of the molecule is Cc1cc(-c2c(C)ccc3c2oc2cc(F)cc(F)c23)[n+](C)cc1C. The predicted molar refractivity (Wildman–Crippen MR) is 94.5 cm³/mol. The van der Waals surface area contributed by atoms with Crippen molar-refractivity contribution in [1.29, 1.82) is 0 Å². The minimum absolute atomic E-state index is 0.228. The van der Waals surface area contributed by atoms with E-state index in [9.17, 15) is 8.78 Å². The van der Waals surface area contributed by atoms with Gasteiger partial charge in [0.15, 0.2) is 6.20 Å². The maximum absolute atomic E-state index is 14.3. The third-order valence-electron chi connectivity index (χ3n) is 4.86. The number of nitrogens with zero attached hydrogens (tertiary/aromatic N) is 1. The molecule has 2 aromatic heterocycles. The van der Waals surface area contributed by atoms with Crippen LogP contribution in [0.4, 0.5) is 8.78 Å². The van der Waals surface area contributed by atoms with E-state index in [2.05, 4.69) is 26.1 Å². The number of halogens is 2. The Kier molecular flexibility index (Phi) is 3.39. The van der Waals surface area contributed by atoms with Crippen LogP contribution in [0.2, 0.25) is 0 Å². The van der Waals surface area contributed by atoms with E-state index < -0.39 is 11.6 Å². The molecular weight excluding hydrogens is 320 g/mol. The summed E-state index contributed by atoms with van der Waals surface area (Å²) in [5.74, 6) is -1.24. The Labute approximate surface area is 144 Å². The molecule has 4 aromatic rings. The van der Waals surface area contributed by atoms with Crippen LogP contribution in [0, 0.1) is 32.4 Å². The molecule has 25 heavy (non-hydrogen) atoms. The Morgan fingerprint density at radius 1 is 0.920 bits per heavy atom. The van der Waals surface area contributed by atoms with Crippen molar-refractivity contribution in [2.75, 3.05) is 0 Å². The topological polar surface area (TPSA) is 17.0 Å². The van der Waals surface area contributed by atoms with E-state index in [4.69, 9.17) is 4.42 Å². The highest BCUT2D eigenvalue weighted by molar-refractivity contribution is 6.10. The molecule has 0 bridgehead atoms. The smallest absolute Gasteiger partial charge is 0.216 e. The number of furan rings is 1. The number of hydrogen-bond donors (Lipinski definition) is 0. The summed E-state index contributed by atoms with van der Waals surface area (Å²) < 4.78 is 35.9. The van der Waals surface area contributed by atoms with Gasteiger partial charge in [0.1, 0.15) is 29.8 Å². The summed E-state index contributed by atoms with van der Waals surface area (Å²) in [6, 6.07) is 8.01. The van der Waals surface area contributed by atoms with Gasteiger partial charge in [0.05, 0.1) is 10.9 Å². The number of rotatable bonds is 1. The highest BCUT2D eigenvalue weighted by Gasteiger charge is 2.22. The Bertz CT molecular complexity index is 1160. The van der Waals surface area contributed by atoms with Gasteiger partial charge in [-0.2, -0.15) is 0 Å². The Morgan fingerprint density at radius 2 is 1.68 bits per heavy atom. The Hall–Kier alpha value is -2.75. The first-order chi connectivity index (χ1) is 11.9.